The van der Waals surface area contributed by atoms with Gasteiger partial charge in [0.2, 0.25) is 0 Å². The highest BCUT2D eigenvalue weighted by molar-refractivity contribution is 6.06. The van der Waals surface area contributed by atoms with Crippen molar-refractivity contribution in [2.75, 3.05) is 5.32 Å². The molecule has 0 fully saturated rings. The van der Waals surface area contributed by atoms with Gasteiger partial charge in [-0.1, -0.05) is 36.4 Å². The number of carbonyl (C=O) groups is 1. The number of hydrogen-bond donors (Lipinski definition) is 2. The fourth-order valence-corrected chi connectivity index (χ4v) is 2.41. The number of carbonyl (C=O) groups excluding carboxylic acids is 1. The van der Waals surface area contributed by atoms with Crippen LogP contribution in [0.15, 0.2) is 54.6 Å². The molecule has 0 aliphatic rings. The van der Waals surface area contributed by atoms with Crippen molar-refractivity contribution >= 4 is 11.6 Å². The normalized spacial score (nSPS) is 11.4. The highest BCUT2D eigenvalue weighted by atomic mass is 19.4. The third-order valence-electron chi connectivity index (χ3n) is 3.69. The molecular weight excluding hydrogens is 331 g/mol. The molecule has 2 aromatic carbocycles. The number of aromatic nitrogens is 2. The van der Waals surface area contributed by atoms with Crippen LogP contribution in [-0.4, -0.2) is 16.1 Å². The average molecular weight is 345 g/mol. The van der Waals surface area contributed by atoms with E-state index in [4.69, 9.17) is 0 Å². The molecule has 0 saturated heterocycles. The minimum absolute atomic E-state index is 0.0746. The number of nitrogens with zero attached hydrogens (tertiary/aromatic N) is 1. The molecule has 0 unspecified atom stereocenters. The molecule has 1 aromatic heterocycles. The van der Waals surface area contributed by atoms with E-state index in [0.29, 0.717) is 17.1 Å². The maximum Gasteiger partial charge on any atom is 0.416 e. The molecule has 0 aliphatic heterocycles. The molecule has 128 valence electrons. The summed E-state index contributed by atoms with van der Waals surface area (Å²) >= 11 is 0. The highest BCUT2D eigenvalue weighted by Crippen LogP contribution is 2.31. The van der Waals surface area contributed by atoms with Gasteiger partial charge in [0.1, 0.15) is 5.69 Å². The number of nitrogens with one attached hydrogen (secondary N) is 2. The first-order valence-corrected chi connectivity index (χ1v) is 7.45. The van der Waals surface area contributed by atoms with Crippen LogP contribution in [0.5, 0.6) is 0 Å². The van der Waals surface area contributed by atoms with E-state index < -0.39 is 17.6 Å². The maximum atomic E-state index is 12.8. The van der Waals surface area contributed by atoms with Gasteiger partial charge in [-0.05, 0) is 25.1 Å². The number of halogens is 3. The zero-order valence-corrected chi connectivity index (χ0v) is 13.2. The first-order valence-electron chi connectivity index (χ1n) is 7.45. The van der Waals surface area contributed by atoms with Gasteiger partial charge in [0, 0.05) is 11.1 Å². The van der Waals surface area contributed by atoms with Crippen LogP contribution in [-0.2, 0) is 6.18 Å². The summed E-state index contributed by atoms with van der Waals surface area (Å²) in [7, 11) is 0. The Balaban J connectivity index is 1.91. The Hall–Kier alpha value is -3.09. The van der Waals surface area contributed by atoms with Crippen LogP contribution in [0.3, 0.4) is 0 Å². The van der Waals surface area contributed by atoms with E-state index in [0.717, 1.165) is 17.7 Å². The molecule has 0 saturated carbocycles. The summed E-state index contributed by atoms with van der Waals surface area (Å²) in [6, 6.07) is 13.5. The Morgan fingerprint density at radius 2 is 1.80 bits per heavy atom. The average Bonchev–Trinajstić information content (AvgIpc) is 2.96. The molecule has 2 N–H and O–H groups in total. The number of rotatable bonds is 3. The van der Waals surface area contributed by atoms with E-state index in [1.165, 1.54) is 12.1 Å². The molecule has 1 amide bonds. The Bertz CT molecular complexity index is 901. The number of amides is 1. The summed E-state index contributed by atoms with van der Waals surface area (Å²) in [6.07, 6.45) is -4.50. The first kappa shape index (κ1) is 16.8. The van der Waals surface area contributed by atoms with Crippen LogP contribution < -0.4 is 5.32 Å². The Kier molecular flexibility index (Phi) is 4.31. The second-order valence-electron chi connectivity index (χ2n) is 5.47. The molecule has 0 aliphatic carbocycles. The summed E-state index contributed by atoms with van der Waals surface area (Å²) in [5.74, 6) is -0.632. The quantitative estimate of drug-likeness (QED) is 0.725. The van der Waals surface area contributed by atoms with E-state index in [9.17, 15) is 18.0 Å². The number of hydrogen-bond acceptors (Lipinski definition) is 2. The number of H-pyrrole nitrogens is 1. The number of benzene rings is 2. The lowest BCUT2D eigenvalue weighted by Crippen LogP contribution is -2.14. The number of alkyl halides is 3. The van der Waals surface area contributed by atoms with Crippen molar-refractivity contribution in [3.05, 3.63) is 71.4 Å². The molecule has 0 bridgehead atoms. The summed E-state index contributed by atoms with van der Waals surface area (Å²) < 4.78 is 38.4. The Labute approximate surface area is 141 Å². The summed E-state index contributed by atoms with van der Waals surface area (Å²) in [6.45, 7) is 1.72. The lowest BCUT2D eigenvalue weighted by molar-refractivity contribution is -0.137. The second-order valence-corrected chi connectivity index (χ2v) is 5.47. The monoisotopic (exact) mass is 345 g/mol. The van der Waals surface area contributed by atoms with Crippen molar-refractivity contribution in [1.29, 1.82) is 0 Å². The summed E-state index contributed by atoms with van der Waals surface area (Å²) in [5.41, 5.74) is 1.42. The van der Waals surface area contributed by atoms with Crippen molar-refractivity contribution in [3.8, 4) is 11.3 Å². The van der Waals surface area contributed by atoms with Crippen LogP contribution in [0.2, 0.25) is 0 Å². The molecular formula is C18H14F3N3O. The minimum atomic E-state index is -4.50. The molecule has 4 nitrogen and oxygen atoms in total. The van der Waals surface area contributed by atoms with Gasteiger partial charge >= 0.3 is 6.18 Å². The van der Waals surface area contributed by atoms with Gasteiger partial charge in [0.05, 0.1) is 16.9 Å². The molecule has 25 heavy (non-hydrogen) atoms. The smallest absolute Gasteiger partial charge is 0.319 e. The van der Waals surface area contributed by atoms with Gasteiger partial charge in [-0.2, -0.15) is 18.3 Å². The highest BCUT2D eigenvalue weighted by Gasteiger charge is 2.31. The van der Waals surface area contributed by atoms with Crippen LogP contribution in [0.4, 0.5) is 18.9 Å². The van der Waals surface area contributed by atoms with Crippen molar-refractivity contribution in [2.24, 2.45) is 0 Å². The number of aromatic amines is 1. The fraction of sp³-hybridized carbons (Fsp3) is 0.111. The number of anilines is 1. The third-order valence-corrected chi connectivity index (χ3v) is 3.69. The van der Waals surface area contributed by atoms with Gasteiger partial charge in [0.25, 0.3) is 5.91 Å². The van der Waals surface area contributed by atoms with Gasteiger partial charge in [0.15, 0.2) is 0 Å². The molecule has 1 heterocycles. The minimum Gasteiger partial charge on any atom is -0.319 e. The predicted octanol–water partition coefficient (Wildman–Crippen LogP) is 4.66. The molecule has 7 heteroatoms. The topological polar surface area (TPSA) is 57.8 Å². The molecule has 3 aromatic rings. The maximum absolute atomic E-state index is 12.8. The fourth-order valence-electron chi connectivity index (χ4n) is 2.41. The Morgan fingerprint density at radius 1 is 1.08 bits per heavy atom. The summed E-state index contributed by atoms with van der Waals surface area (Å²) in [5, 5.41) is 9.61. The first-order chi connectivity index (χ1) is 11.9. The van der Waals surface area contributed by atoms with E-state index >= 15 is 0 Å². The zero-order valence-electron chi connectivity index (χ0n) is 13.2. The molecule has 3 rings (SSSR count). The third kappa shape index (κ3) is 3.55. The zero-order chi connectivity index (χ0) is 18.0. The molecule has 0 spiro atoms. The largest absolute Gasteiger partial charge is 0.416 e. The van der Waals surface area contributed by atoms with Crippen molar-refractivity contribution in [2.45, 2.75) is 13.1 Å². The predicted molar refractivity (Wildman–Crippen MR) is 88.2 cm³/mol. The standard InChI is InChI=1S/C18H14F3N3O/c1-11-15(16(24-23-11)12-6-3-2-4-7-12)22-17(25)13-8-5-9-14(10-13)18(19,20)21/h2-10H,1H3,(H,22,25)(H,23,24). The number of aryl methyl sites for hydroxylation is 1. The molecule has 0 atom stereocenters. The van der Waals surface area contributed by atoms with Crippen LogP contribution in [0, 0.1) is 6.92 Å². The Morgan fingerprint density at radius 3 is 2.48 bits per heavy atom. The van der Waals surface area contributed by atoms with Crippen molar-refractivity contribution < 1.29 is 18.0 Å². The van der Waals surface area contributed by atoms with Crippen LogP contribution in [0.1, 0.15) is 21.6 Å². The van der Waals surface area contributed by atoms with Gasteiger partial charge in [-0.15, -0.1) is 0 Å². The van der Waals surface area contributed by atoms with E-state index in [2.05, 4.69) is 15.5 Å². The van der Waals surface area contributed by atoms with Crippen LogP contribution >= 0.6 is 0 Å². The second kappa shape index (κ2) is 6.43. The molecule has 0 radical (unpaired) electrons. The SMILES string of the molecule is Cc1[nH]nc(-c2ccccc2)c1NC(=O)c1cccc(C(F)(F)F)c1. The van der Waals surface area contributed by atoms with Crippen LogP contribution in [0.25, 0.3) is 11.3 Å². The summed E-state index contributed by atoms with van der Waals surface area (Å²) in [4.78, 5) is 12.4. The van der Waals surface area contributed by atoms with Gasteiger partial charge < -0.3 is 5.32 Å². The van der Waals surface area contributed by atoms with E-state index in [1.54, 1.807) is 6.92 Å². The van der Waals surface area contributed by atoms with Crippen molar-refractivity contribution in [3.63, 3.8) is 0 Å². The lowest BCUT2D eigenvalue weighted by Gasteiger charge is -2.10. The van der Waals surface area contributed by atoms with E-state index in [1.807, 2.05) is 30.3 Å². The van der Waals surface area contributed by atoms with E-state index in [-0.39, 0.29) is 5.56 Å². The lowest BCUT2D eigenvalue weighted by atomic mass is 10.1. The van der Waals surface area contributed by atoms with Gasteiger partial charge in [-0.3, -0.25) is 9.89 Å². The van der Waals surface area contributed by atoms with Crippen molar-refractivity contribution in [1.82, 2.24) is 10.2 Å². The van der Waals surface area contributed by atoms with Gasteiger partial charge in [-0.25, -0.2) is 0 Å².